The van der Waals surface area contributed by atoms with Crippen LogP contribution in [0.25, 0.3) is 88.0 Å². The molecule has 0 bridgehead atoms. The lowest BCUT2D eigenvalue weighted by Crippen LogP contribution is -2.26. The molecule has 1 nitrogen and oxygen atoms in total. The quantitative estimate of drug-likeness (QED) is 0.159. The maximum Gasteiger partial charge on any atom is 0.0726 e. The van der Waals surface area contributed by atoms with Crippen molar-refractivity contribution in [3.05, 3.63) is 317 Å². The molecule has 13 aromatic rings. The molecular weight excluding hydrogens is 903 g/mol. The van der Waals surface area contributed by atoms with Crippen LogP contribution in [0.15, 0.2) is 273 Å². The highest BCUT2D eigenvalue weighted by Gasteiger charge is 2.53. The molecular formula is C74H45N. The molecule has 0 radical (unpaired) electrons. The SMILES string of the molecule is c1ccc2c(c1)-c1ccccc1C21c2ccccc2-c2ccc(N(c3ccc(-c4ccc5c6ccccc6c6ccccc6c5c4)cc3)c3ccc4c(c3)C3(c5ccccc5-c5ccccc53)c3ccccc3-4)cc21. The second kappa shape index (κ2) is 15.0. The molecule has 0 unspecified atom stereocenters. The molecule has 0 aromatic heterocycles. The largest absolute Gasteiger partial charge is 0.310 e. The Labute approximate surface area is 435 Å². The fourth-order valence-electron chi connectivity index (χ4n) is 14.8. The van der Waals surface area contributed by atoms with Crippen molar-refractivity contribution in [2.45, 2.75) is 10.8 Å². The molecule has 17 rings (SSSR count). The number of fused-ring (bicyclic) bond motifs is 26. The summed E-state index contributed by atoms with van der Waals surface area (Å²) >= 11 is 0. The van der Waals surface area contributed by atoms with Gasteiger partial charge in [0.2, 0.25) is 0 Å². The van der Waals surface area contributed by atoms with E-state index in [0.717, 1.165) is 17.1 Å². The minimum atomic E-state index is -0.475. The lowest BCUT2D eigenvalue weighted by molar-refractivity contribution is 0.792. The topological polar surface area (TPSA) is 3.24 Å². The predicted octanol–water partition coefficient (Wildman–Crippen LogP) is 19.0. The highest BCUT2D eigenvalue weighted by atomic mass is 15.1. The van der Waals surface area contributed by atoms with E-state index in [0.29, 0.717) is 0 Å². The van der Waals surface area contributed by atoms with Crippen molar-refractivity contribution in [1.82, 2.24) is 0 Å². The molecule has 4 aliphatic rings. The third-order valence-electron chi connectivity index (χ3n) is 17.7. The number of nitrogens with zero attached hydrogens (tertiary/aromatic N) is 1. The molecule has 0 heterocycles. The number of rotatable bonds is 4. The van der Waals surface area contributed by atoms with E-state index in [-0.39, 0.29) is 0 Å². The van der Waals surface area contributed by atoms with Crippen LogP contribution in [0.1, 0.15) is 44.5 Å². The molecule has 1 heteroatoms. The summed E-state index contributed by atoms with van der Waals surface area (Å²) in [4.78, 5) is 2.53. The van der Waals surface area contributed by atoms with Gasteiger partial charge in [0.25, 0.3) is 0 Å². The van der Waals surface area contributed by atoms with Gasteiger partial charge in [0.05, 0.1) is 10.8 Å². The summed E-state index contributed by atoms with van der Waals surface area (Å²) in [6, 6.07) is 103. The normalized spacial score (nSPS) is 14.1. The third kappa shape index (κ3) is 5.22. The first-order valence-corrected chi connectivity index (χ1v) is 26.3. The Bertz CT molecular complexity index is 4260. The Balaban J connectivity index is 0.898. The molecule has 4 aliphatic carbocycles. The van der Waals surface area contributed by atoms with Crippen LogP contribution in [0.5, 0.6) is 0 Å². The van der Waals surface area contributed by atoms with Crippen LogP contribution in [0.4, 0.5) is 17.1 Å². The van der Waals surface area contributed by atoms with Crippen LogP contribution in [0, 0.1) is 0 Å². The molecule has 2 spiro atoms. The summed E-state index contributed by atoms with van der Waals surface area (Å²) in [5.41, 5.74) is 25.9. The molecule has 0 saturated heterocycles. The molecule has 0 N–H and O–H groups in total. The molecule has 0 saturated carbocycles. The van der Waals surface area contributed by atoms with Gasteiger partial charge in [-0.15, -0.1) is 0 Å². The Kier molecular flexibility index (Phi) is 8.20. The first kappa shape index (κ1) is 41.0. The molecule has 0 aliphatic heterocycles. The zero-order valence-electron chi connectivity index (χ0n) is 40.9. The number of hydrogen-bond donors (Lipinski definition) is 0. The maximum absolute atomic E-state index is 2.53. The summed E-state index contributed by atoms with van der Waals surface area (Å²) in [7, 11) is 0. The van der Waals surface area contributed by atoms with Gasteiger partial charge in [-0.05, 0) is 175 Å². The summed E-state index contributed by atoms with van der Waals surface area (Å²) in [6.45, 7) is 0. The van der Waals surface area contributed by atoms with Crippen molar-refractivity contribution in [1.29, 1.82) is 0 Å². The highest BCUT2D eigenvalue weighted by molar-refractivity contribution is 6.25. The van der Waals surface area contributed by atoms with Crippen LogP contribution >= 0.6 is 0 Å². The molecule has 0 fully saturated rings. The van der Waals surface area contributed by atoms with Crippen LogP contribution < -0.4 is 4.90 Å². The van der Waals surface area contributed by atoms with Gasteiger partial charge in [-0.1, -0.05) is 231 Å². The lowest BCUT2D eigenvalue weighted by Gasteiger charge is -2.33. The van der Waals surface area contributed by atoms with Gasteiger partial charge < -0.3 is 4.90 Å². The lowest BCUT2D eigenvalue weighted by atomic mass is 9.70. The number of hydrogen-bond acceptors (Lipinski definition) is 1. The molecule has 346 valence electrons. The molecule has 75 heavy (non-hydrogen) atoms. The van der Waals surface area contributed by atoms with Gasteiger partial charge in [-0.25, -0.2) is 0 Å². The van der Waals surface area contributed by atoms with Crippen LogP contribution in [-0.2, 0) is 10.8 Å². The van der Waals surface area contributed by atoms with Crippen molar-refractivity contribution in [3.8, 4) is 55.6 Å². The fraction of sp³-hybridized carbons (Fsp3) is 0.0270. The third-order valence-corrected chi connectivity index (χ3v) is 17.7. The average Bonchev–Trinajstić information content (AvgIpc) is 4.22. The van der Waals surface area contributed by atoms with Gasteiger partial charge in [-0.2, -0.15) is 0 Å². The predicted molar refractivity (Wildman–Crippen MR) is 312 cm³/mol. The Morgan fingerprint density at radius 3 is 0.840 bits per heavy atom. The minimum absolute atomic E-state index is 0.475. The second-order valence-electron chi connectivity index (χ2n) is 21.0. The molecule has 0 amide bonds. The van der Waals surface area contributed by atoms with Gasteiger partial charge in [0.15, 0.2) is 0 Å². The fourth-order valence-corrected chi connectivity index (χ4v) is 14.8. The van der Waals surface area contributed by atoms with Crippen molar-refractivity contribution in [2.75, 3.05) is 4.90 Å². The average molecular weight is 948 g/mol. The summed E-state index contributed by atoms with van der Waals surface area (Å²) < 4.78 is 0. The van der Waals surface area contributed by atoms with Crippen molar-refractivity contribution in [2.24, 2.45) is 0 Å². The van der Waals surface area contributed by atoms with Crippen molar-refractivity contribution < 1.29 is 0 Å². The van der Waals surface area contributed by atoms with Gasteiger partial charge in [-0.3, -0.25) is 0 Å². The standard InChI is InChI=1S/C74H45N/c1-2-19-53-51(17-1)52-18-3-4-20-54(52)64-43-47(35-40-55(53)64)46-33-36-48(37-34-46)75(49-38-41-62-60-25-9-15-31-69(60)73(71(62)44-49)65-27-11-5-21-56(65)57-22-6-12-28-66(57)73)50-39-42-63-61-26-10-16-32-70(61)74(72(63)45-50)67-29-13-7-23-58(67)59-24-8-14-30-68(59)74/h1-45H. The molecule has 13 aromatic carbocycles. The van der Waals surface area contributed by atoms with Gasteiger partial charge in [0.1, 0.15) is 0 Å². The summed E-state index contributed by atoms with van der Waals surface area (Å²) in [6.07, 6.45) is 0. The van der Waals surface area contributed by atoms with Crippen LogP contribution in [0.2, 0.25) is 0 Å². The van der Waals surface area contributed by atoms with Gasteiger partial charge in [0, 0.05) is 17.1 Å². The Morgan fingerprint density at radius 2 is 0.467 bits per heavy atom. The zero-order valence-corrected chi connectivity index (χ0v) is 40.9. The van der Waals surface area contributed by atoms with Crippen molar-refractivity contribution >= 4 is 49.4 Å². The van der Waals surface area contributed by atoms with E-state index >= 15 is 0 Å². The van der Waals surface area contributed by atoms with E-state index in [4.69, 9.17) is 0 Å². The summed E-state index contributed by atoms with van der Waals surface area (Å²) in [5.74, 6) is 0. The van der Waals surface area contributed by atoms with Crippen LogP contribution in [0.3, 0.4) is 0 Å². The zero-order chi connectivity index (χ0) is 49.0. The first-order chi connectivity index (χ1) is 37.2. The Hall–Kier alpha value is -9.56. The van der Waals surface area contributed by atoms with Gasteiger partial charge >= 0.3 is 0 Å². The van der Waals surface area contributed by atoms with E-state index in [9.17, 15) is 0 Å². The molecule has 0 atom stereocenters. The van der Waals surface area contributed by atoms with Crippen LogP contribution in [-0.4, -0.2) is 0 Å². The van der Waals surface area contributed by atoms with E-state index in [1.54, 1.807) is 0 Å². The first-order valence-electron chi connectivity index (χ1n) is 26.3. The Morgan fingerprint density at radius 1 is 0.187 bits per heavy atom. The monoisotopic (exact) mass is 947 g/mol. The van der Waals surface area contributed by atoms with Crippen molar-refractivity contribution in [3.63, 3.8) is 0 Å². The maximum atomic E-state index is 2.53. The van der Waals surface area contributed by atoms with E-state index in [1.807, 2.05) is 0 Å². The van der Waals surface area contributed by atoms with E-state index < -0.39 is 10.8 Å². The number of benzene rings is 13. The highest BCUT2D eigenvalue weighted by Crippen LogP contribution is 2.65. The minimum Gasteiger partial charge on any atom is -0.310 e. The summed E-state index contributed by atoms with van der Waals surface area (Å²) in [5, 5.41) is 7.71. The smallest absolute Gasteiger partial charge is 0.0726 e. The van der Waals surface area contributed by atoms with E-state index in [2.05, 4.69) is 278 Å². The second-order valence-corrected chi connectivity index (χ2v) is 21.0. The van der Waals surface area contributed by atoms with E-state index in [1.165, 1.54) is 132 Å². The number of anilines is 3.